The molecule has 2 aliphatic heterocycles. The van der Waals surface area contributed by atoms with Crippen LogP contribution in [0.1, 0.15) is 42.6 Å². The highest BCUT2D eigenvalue weighted by molar-refractivity contribution is 5.95. The minimum atomic E-state index is -0.591. The van der Waals surface area contributed by atoms with Crippen molar-refractivity contribution in [3.8, 4) is 11.6 Å². The van der Waals surface area contributed by atoms with E-state index in [9.17, 15) is 24.0 Å². The van der Waals surface area contributed by atoms with Crippen LogP contribution in [-0.4, -0.2) is 132 Å². The average Bonchev–Trinajstić information content (AvgIpc) is 3.73. The number of hydrogen-bond acceptors (Lipinski definition) is 9. The Hall–Kier alpha value is -4.66. The van der Waals surface area contributed by atoms with Crippen LogP contribution in [0, 0.1) is 0 Å². The number of ether oxygens (including phenoxy) is 3. The number of nitrogens with one attached hydrogen (secondary N) is 2. The lowest BCUT2D eigenvalue weighted by Gasteiger charge is -2.34. The standard InChI is InChI=1S/C31H41N7O8/c1-44-17-18-45-31(43)36-15-13-35(14-16-36)26(39)20-32-29(41)24-19-28(38(34-24)23-9-3-2-4-10-23)46-21-27(40)37-12-6-11-25(37)30(42)33-22-7-5-8-22/h2-4,9-10,19,22,25H,5-8,11-18,20-21H2,1H3,(H,32,41)(H,33,42)/t25-/m0/s1. The Morgan fingerprint density at radius 1 is 0.891 bits per heavy atom. The first-order valence-corrected chi connectivity index (χ1v) is 15.7. The summed E-state index contributed by atoms with van der Waals surface area (Å²) in [6, 6.07) is 10.1. The van der Waals surface area contributed by atoms with E-state index in [0.717, 1.165) is 25.7 Å². The number of aromatic nitrogens is 2. The molecule has 0 bridgehead atoms. The van der Waals surface area contributed by atoms with Gasteiger partial charge in [0.25, 0.3) is 11.8 Å². The van der Waals surface area contributed by atoms with Crippen molar-refractivity contribution in [3.63, 3.8) is 0 Å². The van der Waals surface area contributed by atoms with E-state index in [4.69, 9.17) is 14.2 Å². The molecule has 5 amide bonds. The van der Waals surface area contributed by atoms with Gasteiger partial charge in [0.15, 0.2) is 12.3 Å². The minimum absolute atomic E-state index is 0.00153. The number of hydrogen-bond donors (Lipinski definition) is 2. The maximum atomic E-state index is 13.2. The van der Waals surface area contributed by atoms with Crippen molar-refractivity contribution in [2.75, 3.05) is 66.2 Å². The van der Waals surface area contributed by atoms with Crippen molar-refractivity contribution in [1.29, 1.82) is 0 Å². The van der Waals surface area contributed by atoms with Crippen LogP contribution in [-0.2, 0) is 23.9 Å². The van der Waals surface area contributed by atoms with Crippen LogP contribution in [0.4, 0.5) is 4.79 Å². The molecule has 3 fully saturated rings. The van der Waals surface area contributed by atoms with E-state index in [2.05, 4.69) is 15.7 Å². The first-order valence-electron chi connectivity index (χ1n) is 15.7. The second kappa shape index (κ2) is 15.6. The smallest absolute Gasteiger partial charge is 0.409 e. The summed E-state index contributed by atoms with van der Waals surface area (Å²) in [6.45, 7) is 1.58. The summed E-state index contributed by atoms with van der Waals surface area (Å²) in [6.07, 6.45) is 3.91. The number of carbonyl (C=O) groups excluding carboxylic acids is 5. The van der Waals surface area contributed by atoms with Gasteiger partial charge in [0.05, 0.1) is 18.8 Å². The van der Waals surface area contributed by atoms with Crippen molar-refractivity contribution in [2.24, 2.45) is 0 Å². The third-order valence-electron chi connectivity index (χ3n) is 8.38. The van der Waals surface area contributed by atoms with Crippen LogP contribution in [0.5, 0.6) is 5.88 Å². The zero-order valence-electron chi connectivity index (χ0n) is 26.0. The Labute approximate surface area is 267 Å². The van der Waals surface area contributed by atoms with E-state index in [0.29, 0.717) is 51.4 Å². The molecule has 15 heteroatoms. The predicted octanol–water partition coefficient (Wildman–Crippen LogP) is 0.568. The number of amides is 5. The molecule has 1 aromatic heterocycles. The molecule has 248 valence electrons. The first kappa shape index (κ1) is 32.7. The molecule has 15 nitrogen and oxygen atoms in total. The van der Waals surface area contributed by atoms with E-state index in [-0.39, 0.29) is 55.1 Å². The Morgan fingerprint density at radius 2 is 1.63 bits per heavy atom. The molecule has 3 heterocycles. The van der Waals surface area contributed by atoms with Gasteiger partial charge in [-0.2, -0.15) is 5.10 Å². The lowest BCUT2D eigenvalue weighted by Crippen LogP contribution is -2.52. The summed E-state index contributed by atoms with van der Waals surface area (Å²) in [5.41, 5.74) is 0.610. The molecule has 1 aromatic carbocycles. The highest BCUT2D eigenvalue weighted by Gasteiger charge is 2.36. The number of likely N-dealkylation sites (tertiary alicyclic amines) is 1. The summed E-state index contributed by atoms with van der Waals surface area (Å²) in [5.74, 6) is -1.18. The Balaban J connectivity index is 1.16. The van der Waals surface area contributed by atoms with Gasteiger partial charge < -0.3 is 39.5 Å². The number of benzene rings is 1. The largest absolute Gasteiger partial charge is 0.467 e. The molecule has 0 spiro atoms. The van der Waals surface area contributed by atoms with E-state index in [1.54, 1.807) is 34.1 Å². The highest BCUT2D eigenvalue weighted by atomic mass is 16.6. The molecule has 0 unspecified atom stereocenters. The molecule has 1 atom stereocenters. The van der Waals surface area contributed by atoms with Crippen molar-refractivity contribution < 1.29 is 38.2 Å². The van der Waals surface area contributed by atoms with Crippen LogP contribution < -0.4 is 15.4 Å². The molecular weight excluding hydrogens is 598 g/mol. The van der Waals surface area contributed by atoms with E-state index < -0.39 is 18.0 Å². The fourth-order valence-corrected chi connectivity index (χ4v) is 5.54. The molecule has 1 saturated carbocycles. The maximum absolute atomic E-state index is 13.2. The fraction of sp³-hybridized carbons (Fsp3) is 0.548. The molecular formula is C31H41N7O8. The van der Waals surface area contributed by atoms with Gasteiger partial charge in [-0.15, -0.1) is 0 Å². The zero-order chi connectivity index (χ0) is 32.5. The van der Waals surface area contributed by atoms with Crippen molar-refractivity contribution in [3.05, 3.63) is 42.1 Å². The van der Waals surface area contributed by atoms with Gasteiger partial charge in [-0.25, -0.2) is 9.48 Å². The highest BCUT2D eigenvalue weighted by Crippen LogP contribution is 2.23. The molecule has 2 aromatic rings. The first-order chi connectivity index (χ1) is 22.3. The summed E-state index contributed by atoms with van der Waals surface area (Å²) < 4.78 is 17.3. The number of piperazine rings is 1. The van der Waals surface area contributed by atoms with Crippen molar-refractivity contribution in [2.45, 2.75) is 44.2 Å². The van der Waals surface area contributed by atoms with Gasteiger partial charge in [0, 0.05) is 51.9 Å². The van der Waals surface area contributed by atoms with E-state index in [1.165, 1.54) is 22.8 Å². The van der Waals surface area contributed by atoms with Gasteiger partial charge in [-0.05, 0) is 44.2 Å². The second-order valence-corrected chi connectivity index (χ2v) is 11.4. The van der Waals surface area contributed by atoms with Crippen LogP contribution in [0.2, 0.25) is 0 Å². The van der Waals surface area contributed by atoms with Crippen LogP contribution in [0.25, 0.3) is 5.69 Å². The van der Waals surface area contributed by atoms with Gasteiger partial charge in [0.1, 0.15) is 12.6 Å². The summed E-state index contributed by atoms with van der Waals surface area (Å²) in [5, 5.41) is 10.0. The number of para-hydroxylation sites is 1. The molecule has 1 aliphatic carbocycles. The van der Waals surface area contributed by atoms with Gasteiger partial charge in [0.2, 0.25) is 17.7 Å². The SMILES string of the molecule is COCCOC(=O)N1CCN(C(=O)CNC(=O)c2cc(OCC(=O)N3CCC[C@H]3C(=O)NC3CCC3)n(-c3ccccc3)n2)CC1. The van der Waals surface area contributed by atoms with Crippen LogP contribution in [0.3, 0.4) is 0 Å². The van der Waals surface area contributed by atoms with Gasteiger partial charge in [-0.3, -0.25) is 19.2 Å². The lowest BCUT2D eigenvalue weighted by atomic mass is 9.93. The van der Waals surface area contributed by atoms with E-state index >= 15 is 0 Å². The fourth-order valence-electron chi connectivity index (χ4n) is 5.54. The quantitative estimate of drug-likeness (QED) is 0.316. The van der Waals surface area contributed by atoms with Gasteiger partial charge in [-0.1, -0.05) is 18.2 Å². The number of carbonyl (C=O) groups is 5. The zero-order valence-corrected chi connectivity index (χ0v) is 26.0. The molecule has 5 rings (SSSR count). The minimum Gasteiger partial charge on any atom is -0.467 e. The molecule has 46 heavy (non-hydrogen) atoms. The molecule has 2 N–H and O–H groups in total. The Morgan fingerprint density at radius 3 is 2.33 bits per heavy atom. The number of methoxy groups -OCH3 is 1. The summed E-state index contributed by atoms with van der Waals surface area (Å²) in [7, 11) is 1.52. The Bertz CT molecular complexity index is 1390. The van der Waals surface area contributed by atoms with Crippen molar-refractivity contribution in [1.82, 2.24) is 35.1 Å². The Kier molecular flexibility index (Phi) is 11.1. The normalized spacial score (nSPS) is 18.1. The monoisotopic (exact) mass is 639 g/mol. The molecule has 0 radical (unpaired) electrons. The van der Waals surface area contributed by atoms with Crippen molar-refractivity contribution >= 4 is 29.7 Å². The molecule has 2 saturated heterocycles. The van der Waals surface area contributed by atoms with Gasteiger partial charge >= 0.3 is 6.09 Å². The van der Waals surface area contributed by atoms with E-state index in [1.807, 2.05) is 6.07 Å². The third kappa shape index (κ3) is 8.13. The average molecular weight is 640 g/mol. The second-order valence-electron chi connectivity index (χ2n) is 11.4. The maximum Gasteiger partial charge on any atom is 0.409 e. The number of nitrogens with zero attached hydrogens (tertiary/aromatic N) is 5. The third-order valence-corrected chi connectivity index (χ3v) is 8.38. The topological polar surface area (TPSA) is 165 Å². The number of rotatable bonds is 12. The molecule has 3 aliphatic rings. The predicted molar refractivity (Wildman–Crippen MR) is 163 cm³/mol. The summed E-state index contributed by atoms with van der Waals surface area (Å²) >= 11 is 0. The summed E-state index contributed by atoms with van der Waals surface area (Å²) in [4.78, 5) is 68.6. The van der Waals surface area contributed by atoms with Crippen LogP contribution in [0.15, 0.2) is 36.4 Å². The lowest BCUT2D eigenvalue weighted by molar-refractivity contribution is -0.140. The van der Waals surface area contributed by atoms with Crippen LogP contribution >= 0.6 is 0 Å².